The largest absolute Gasteiger partial charge is 0.463 e. The summed E-state index contributed by atoms with van der Waals surface area (Å²) < 4.78 is 5.14. The molecule has 0 aromatic heterocycles. The molecule has 2 amide bonds. The first-order valence-corrected chi connectivity index (χ1v) is 13.8. The van der Waals surface area contributed by atoms with Crippen LogP contribution in [0.1, 0.15) is 92.9 Å². The van der Waals surface area contributed by atoms with Crippen LogP contribution in [0.5, 0.6) is 0 Å². The van der Waals surface area contributed by atoms with Crippen LogP contribution in [0.2, 0.25) is 0 Å². The molecule has 2 aliphatic rings. The van der Waals surface area contributed by atoms with Gasteiger partial charge in [0.05, 0.1) is 18.7 Å². The van der Waals surface area contributed by atoms with Crippen LogP contribution in [0.15, 0.2) is 11.6 Å². The van der Waals surface area contributed by atoms with E-state index in [0.717, 1.165) is 57.9 Å². The van der Waals surface area contributed by atoms with Crippen LogP contribution in [-0.4, -0.2) is 72.0 Å². The molecule has 1 heterocycles. The van der Waals surface area contributed by atoms with Gasteiger partial charge in [-0.15, -0.1) is 0 Å². The van der Waals surface area contributed by atoms with Crippen molar-refractivity contribution in [2.75, 3.05) is 20.2 Å². The second-order valence-corrected chi connectivity index (χ2v) is 10.8. The van der Waals surface area contributed by atoms with Crippen molar-refractivity contribution in [3.8, 4) is 0 Å². The topological polar surface area (TPSA) is 79.0 Å². The van der Waals surface area contributed by atoms with E-state index in [1.807, 2.05) is 19.9 Å². The van der Waals surface area contributed by atoms with Crippen LogP contribution < -0.4 is 5.32 Å². The molecule has 1 N–H and O–H groups in total. The van der Waals surface area contributed by atoms with Crippen molar-refractivity contribution in [2.24, 2.45) is 11.8 Å². The summed E-state index contributed by atoms with van der Waals surface area (Å²) >= 11 is 0. The molecule has 0 bridgehead atoms. The normalized spacial score (nSPS) is 22.5. The molecule has 1 unspecified atom stereocenters. The van der Waals surface area contributed by atoms with E-state index in [-0.39, 0.29) is 41.7 Å². The Morgan fingerprint density at radius 3 is 2.26 bits per heavy atom. The highest BCUT2D eigenvalue weighted by molar-refractivity contribution is 5.91. The minimum atomic E-state index is -0.534. The van der Waals surface area contributed by atoms with Crippen molar-refractivity contribution in [3.05, 3.63) is 11.6 Å². The van der Waals surface area contributed by atoms with Gasteiger partial charge in [0, 0.05) is 18.7 Å². The quantitative estimate of drug-likeness (QED) is 0.344. The maximum Gasteiger partial charge on any atom is 0.333 e. The molecular formula is C28H49N3O4. The highest BCUT2D eigenvalue weighted by atomic mass is 16.5. The van der Waals surface area contributed by atoms with Crippen molar-refractivity contribution >= 4 is 17.8 Å². The number of piperidine rings is 1. The zero-order chi connectivity index (χ0) is 26.1. The van der Waals surface area contributed by atoms with Crippen molar-refractivity contribution in [3.63, 3.8) is 0 Å². The summed E-state index contributed by atoms with van der Waals surface area (Å²) in [5, 5.41) is 3.22. The lowest BCUT2D eigenvalue weighted by molar-refractivity contribution is -0.141. The number of hydrogen-bond acceptors (Lipinski definition) is 5. The highest BCUT2D eigenvalue weighted by Crippen LogP contribution is 2.30. The molecule has 200 valence electrons. The number of nitrogens with one attached hydrogen (secondary N) is 1. The number of carbonyl (C=O) groups excluding carboxylic acids is 3. The number of likely N-dealkylation sites (tertiary alicyclic amines) is 1. The van der Waals surface area contributed by atoms with Gasteiger partial charge in [0.1, 0.15) is 6.04 Å². The third-order valence-electron chi connectivity index (χ3n) is 7.93. The lowest BCUT2D eigenvalue weighted by Gasteiger charge is -2.40. The van der Waals surface area contributed by atoms with Gasteiger partial charge in [-0.3, -0.25) is 14.5 Å². The number of amides is 2. The SMILES string of the molecule is CCOC(=O)C(C)=C[C@H](C(C)C)N(C)C(=O)[C@@H](NC(=O)[C@H]1CCCCN1C(C)CC)C1CCCC1. The zero-order valence-electron chi connectivity index (χ0n) is 23.1. The molecule has 0 aromatic carbocycles. The number of hydrogen-bond donors (Lipinski definition) is 1. The number of likely N-dealkylation sites (N-methyl/N-ethyl adjacent to an activating group) is 1. The molecular weight excluding hydrogens is 442 g/mol. The molecule has 2 rings (SSSR count). The third-order valence-corrected chi connectivity index (χ3v) is 7.93. The van der Waals surface area contributed by atoms with E-state index >= 15 is 0 Å². The molecule has 2 fully saturated rings. The van der Waals surface area contributed by atoms with Crippen molar-refractivity contribution in [2.45, 2.75) is 117 Å². The summed E-state index contributed by atoms with van der Waals surface area (Å²) in [5.74, 6) is -0.183. The Hall–Kier alpha value is -1.89. The van der Waals surface area contributed by atoms with Crippen LogP contribution >= 0.6 is 0 Å². The predicted molar refractivity (Wildman–Crippen MR) is 140 cm³/mol. The second kappa shape index (κ2) is 14.0. The summed E-state index contributed by atoms with van der Waals surface area (Å²) in [5.41, 5.74) is 0.498. The first kappa shape index (κ1) is 29.3. The van der Waals surface area contributed by atoms with Crippen LogP contribution in [-0.2, 0) is 19.1 Å². The van der Waals surface area contributed by atoms with Crippen LogP contribution in [0, 0.1) is 11.8 Å². The summed E-state index contributed by atoms with van der Waals surface area (Å²) in [6, 6.07) is -0.629. The van der Waals surface area contributed by atoms with E-state index in [0.29, 0.717) is 18.2 Å². The molecule has 0 spiro atoms. The molecule has 1 aliphatic heterocycles. The Labute approximate surface area is 213 Å². The summed E-state index contributed by atoms with van der Waals surface area (Å²) in [4.78, 5) is 43.7. The van der Waals surface area contributed by atoms with Gasteiger partial charge in [-0.2, -0.15) is 0 Å². The maximum atomic E-state index is 13.9. The first-order chi connectivity index (χ1) is 16.6. The first-order valence-electron chi connectivity index (χ1n) is 13.8. The van der Waals surface area contributed by atoms with E-state index in [1.54, 1.807) is 25.8 Å². The average molecular weight is 492 g/mol. The molecule has 35 heavy (non-hydrogen) atoms. The minimum Gasteiger partial charge on any atom is -0.463 e. The summed E-state index contributed by atoms with van der Waals surface area (Å²) in [6.45, 7) is 13.2. The second-order valence-electron chi connectivity index (χ2n) is 10.8. The van der Waals surface area contributed by atoms with Crippen LogP contribution in [0.4, 0.5) is 0 Å². The fourth-order valence-electron chi connectivity index (χ4n) is 5.61. The lowest BCUT2D eigenvalue weighted by atomic mass is 9.93. The zero-order valence-corrected chi connectivity index (χ0v) is 23.1. The Morgan fingerprint density at radius 2 is 1.69 bits per heavy atom. The molecule has 7 nitrogen and oxygen atoms in total. The van der Waals surface area contributed by atoms with E-state index < -0.39 is 6.04 Å². The number of carbonyl (C=O) groups is 3. The monoisotopic (exact) mass is 491 g/mol. The van der Waals surface area contributed by atoms with Crippen molar-refractivity contribution in [1.29, 1.82) is 0 Å². The van der Waals surface area contributed by atoms with E-state index in [1.165, 1.54) is 0 Å². The summed E-state index contributed by atoms with van der Waals surface area (Å²) in [6.07, 6.45) is 9.91. The van der Waals surface area contributed by atoms with Gasteiger partial charge in [-0.1, -0.05) is 46.1 Å². The Balaban J connectivity index is 2.25. The number of nitrogens with zero attached hydrogens (tertiary/aromatic N) is 2. The Kier molecular flexibility index (Phi) is 11.7. The Bertz CT molecular complexity index is 744. The van der Waals surface area contributed by atoms with Gasteiger partial charge in [0.2, 0.25) is 11.8 Å². The minimum absolute atomic E-state index is 0.0111. The third kappa shape index (κ3) is 7.80. The molecule has 7 heteroatoms. The number of ether oxygens (including phenoxy) is 1. The van der Waals surface area contributed by atoms with Crippen LogP contribution in [0.3, 0.4) is 0 Å². The van der Waals surface area contributed by atoms with Gasteiger partial charge in [0.15, 0.2) is 0 Å². The molecule has 1 saturated carbocycles. The highest BCUT2D eigenvalue weighted by Gasteiger charge is 2.39. The standard InChI is InChI=1S/C28H49N3O4/c1-8-21(6)31-17-13-12-16-23(31)26(32)29-25(22-14-10-11-15-22)27(33)30(7)24(19(3)4)18-20(5)28(34)35-9-2/h18-19,21-25H,8-17H2,1-7H3,(H,29,32)/t21?,23-,24-,25+/m1/s1. The van der Waals surface area contributed by atoms with Gasteiger partial charge in [-0.25, -0.2) is 4.79 Å². The molecule has 1 aliphatic carbocycles. The summed E-state index contributed by atoms with van der Waals surface area (Å²) in [7, 11) is 1.79. The van der Waals surface area contributed by atoms with E-state index in [2.05, 4.69) is 24.1 Å². The van der Waals surface area contributed by atoms with Crippen molar-refractivity contribution < 1.29 is 19.1 Å². The molecule has 0 aromatic rings. The van der Waals surface area contributed by atoms with Crippen LogP contribution in [0.25, 0.3) is 0 Å². The number of esters is 1. The molecule has 1 saturated heterocycles. The fourth-order valence-corrected chi connectivity index (χ4v) is 5.61. The van der Waals surface area contributed by atoms with Crippen molar-refractivity contribution in [1.82, 2.24) is 15.1 Å². The van der Waals surface area contributed by atoms with Gasteiger partial charge in [0.25, 0.3) is 0 Å². The van der Waals surface area contributed by atoms with E-state index in [4.69, 9.17) is 4.74 Å². The van der Waals surface area contributed by atoms with Gasteiger partial charge >= 0.3 is 5.97 Å². The van der Waals surface area contributed by atoms with Gasteiger partial charge < -0.3 is 15.0 Å². The number of rotatable bonds is 11. The van der Waals surface area contributed by atoms with Gasteiger partial charge in [-0.05, 0) is 71.3 Å². The fraction of sp³-hybridized carbons (Fsp3) is 0.821. The Morgan fingerprint density at radius 1 is 1.06 bits per heavy atom. The molecule has 0 radical (unpaired) electrons. The molecule has 4 atom stereocenters. The smallest absolute Gasteiger partial charge is 0.333 e. The maximum absolute atomic E-state index is 13.9. The van der Waals surface area contributed by atoms with E-state index in [9.17, 15) is 14.4 Å². The predicted octanol–water partition coefficient (Wildman–Crippen LogP) is 4.31. The lowest BCUT2D eigenvalue weighted by Crippen LogP contribution is -2.59. The average Bonchev–Trinajstić information content (AvgIpc) is 3.38.